The number of carboxylic acid groups (broad SMARTS) is 1. The van der Waals surface area contributed by atoms with E-state index < -0.39 is 30.6 Å². The van der Waals surface area contributed by atoms with E-state index in [4.69, 9.17) is 14.2 Å². The number of ether oxygens (including phenoxy) is 3. The first kappa shape index (κ1) is 28.4. The van der Waals surface area contributed by atoms with Crippen LogP contribution in [0.15, 0.2) is 30.8 Å². The zero-order chi connectivity index (χ0) is 27.8. The fourth-order valence-corrected chi connectivity index (χ4v) is 3.65. The standard InChI is InChI=1S/C28H32N2O8/c1-5-16(3)11-24(31)37-15-38-28(35)25-19(9-10-22(30-25)26(32)29-14-17-7-8-17)20-13-23(36-4)18(6-2)12-21(20)27(33)34/h6,9-10,12-13,16-17H,2,5,7-8,11,14-15H2,1,3-4H3,(H,29,32)(H,33,34)/t16-/m0/s1. The molecule has 1 amide bonds. The van der Waals surface area contributed by atoms with E-state index in [1.807, 2.05) is 13.8 Å². The lowest BCUT2D eigenvalue weighted by Crippen LogP contribution is -2.27. The van der Waals surface area contributed by atoms with Gasteiger partial charge in [0.2, 0.25) is 6.79 Å². The van der Waals surface area contributed by atoms with E-state index in [-0.39, 0.29) is 40.4 Å². The first-order valence-corrected chi connectivity index (χ1v) is 12.4. The number of rotatable bonds is 13. The molecule has 1 aliphatic rings. The summed E-state index contributed by atoms with van der Waals surface area (Å²) < 4.78 is 15.5. The maximum absolute atomic E-state index is 13.1. The Bertz CT molecular complexity index is 1240. The van der Waals surface area contributed by atoms with E-state index in [1.165, 1.54) is 37.5 Å². The number of carbonyl (C=O) groups is 4. The molecule has 10 nitrogen and oxygen atoms in total. The Balaban J connectivity index is 1.97. The predicted octanol–water partition coefficient (Wildman–Crippen LogP) is 4.33. The Hall–Kier alpha value is -4.21. The summed E-state index contributed by atoms with van der Waals surface area (Å²) in [4.78, 5) is 54.1. The molecule has 10 heteroatoms. The molecule has 0 unspecified atom stereocenters. The summed E-state index contributed by atoms with van der Waals surface area (Å²) in [6.45, 7) is 7.37. The van der Waals surface area contributed by atoms with Crippen LogP contribution in [0, 0.1) is 11.8 Å². The molecule has 2 aromatic rings. The lowest BCUT2D eigenvalue weighted by molar-refractivity contribution is -0.153. The van der Waals surface area contributed by atoms with Crippen molar-refractivity contribution in [1.82, 2.24) is 10.3 Å². The van der Waals surface area contributed by atoms with E-state index in [1.54, 1.807) is 0 Å². The smallest absolute Gasteiger partial charge is 0.360 e. The Kier molecular flexibility index (Phi) is 9.59. The molecule has 0 aliphatic heterocycles. The second kappa shape index (κ2) is 12.8. The van der Waals surface area contributed by atoms with Gasteiger partial charge in [0.05, 0.1) is 12.7 Å². The van der Waals surface area contributed by atoms with Gasteiger partial charge >= 0.3 is 17.9 Å². The Morgan fingerprint density at radius 3 is 2.53 bits per heavy atom. The summed E-state index contributed by atoms with van der Waals surface area (Å²) in [5.41, 5.74) is 0.182. The van der Waals surface area contributed by atoms with Crippen LogP contribution in [0.3, 0.4) is 0 Å². The van der Waals surface area contributed by atoms with Crippen molar-refractivity contribution in [3.05, 3.63) is 53.4 Å². The lowest BCUT2D eigenvalue weighted by Gasteiger charge is -2.15. The van der Waals surface area contributed by atoms with Gasteiger partial charge in [-0.1, -0.05) is 32.9 Å². The summed E-state index contributed by atoms with van der Waals surface area (Å²) in [5, 5.41) is 12.7. The minimum absolute atomic E-state index is 0.0401. The van der Waals surface area contributed by atoms with Gasteiger partial charge in [-0.3, -0.25) is 9.59 Å². The SMILES string of the molecule is C=Cc1cc(C(=O)O)c(-c2ccc(C(=O)NCC3CC3)nc2C(=O)OCOC(=O)C[C@@H](C)CC)cc1OC. The highest BCUT2D eigenvalue weighted by Gasteiger charge is 2.26. The number of carbonyl (C=O) groups excluding carboxylic acids is 3. The van der Waals surface area contributed by atoms with Crippen LogP contribution in [0.25, 0.3) is 17.2 Å². The Morgan fingerprint density at radius 2 is 1.92 bits per heavy atom. The number of pyridine rings is 1. The largest absolute Gasteiger partial charge is 0.496 e. The molecule has 1 saturated carbocycles. The van der Waals surface area contributed by atoms with Gasteiger partial charge < -0.3 is 24.6 Å². The molecule has 3 rings (SSSR count). The van der Waals surface area contributed by atoms with E-state index in [9.17, 15) is 24.3 Å². The van der Waals surface area contributed by atoms with Crippen molar-refractivity contribution in [2.24, 2.45) is 11.8 Å². The van der Waals surface area contributed by atoms with Gasteiger partial charge in [-0.2, -0.15) is 0 Å². The monoisotopic (exact) mass is 524 g/mol. The van der Waals surface area contributed by atoms with Crippen LogP contribution in [0.1, 0.15) is 76.4 Å². The van der Waals surface area contributed by atoms with Crippen LogP contribution >= 0.6 is 0 Å². The summed E-state index contributed by atoms with van der Waals surface area (Å²) in [6, 6.07) is 5.65. The van der Waals surface area contributed by atoms with Gasteiger partial charge in [0.1, 0.15) is 11.4 Å². The molecule has 1 atom stereocenters. The molecule has 0 spiro atoms. The number of benzene rings is 1. The third-order valence-electron chi connectivity index (χ3n) is 6.30. The maximum Gasteiger partial charge on any atom is 0.360 e. The first-order valence-electron chi connectivity index (χ1n) is 12.4. The Labute approximate surface area is 221 Å². The van der Waals surface area contributed by atoms with Crippen LogP contribution < -0.4 is 10.1 Å². The lowest BCUT2D eigenvalue weighted by atomic mass is 9.95. The van der Waals surface area contributed by atoms with Gasteiger partial charge in [-0.15, -0.1) is 0 Å². The molecule has 1 aliphatic carbocycles. The van der Waals surface area contributed by atoms with Crippen LogP contribution in [0.4, 0.5) is 0 Å². The molecule has 0 radical (unpaired) electrons. The maximum atomic E-state index is 13.1. The second-order valence-electron chi connectivity index (χ2n) is 9.18. The molecule has 1 fully saturated rings. The van der Waals surface area contributed by atoms with Crippen molar-refractivity contribution >= 4 is 29.9 Å². The number of aromatic carboxylic acids is 1. The highest BCUT2D eigenvalue weighted by molar-refractivity contribution is 6.03. The molecule has 1 aromatic carbocycles. The molecular weight excluding hydrogens is 492 g/mol. The van der Waals surface area contributed by atoms with Crippen molar-refractivity contribution in [3.8, 4) is 16.9 Å². The molecular formula is C28H32N2O8. The minimum atomic E-state index is -1.25. The highest BCUT2D eigenvalue weighted by atomic mass is 16.7. The van der Waals surface area contributed by atoms with E-state index in [0.717, 1.165) is 19.3 Å². The predicted molar refractivity (Wildman–Crippen MR) is 139 cm³/mol. The van der Waals surface area contributed by atoms with Gasteiger partial charge in [0, 0.05) is 29.7 Å². The highest BCUT2D eigenvalue weighted by Crippen LogP contribution is 2.34. The zero-order valence-corrected chi connectivity index (χ0v) is 21.7. The number of carboxylic acids is 1. The molecule has 0 saturated heterocycles. The van der Waals surface area contributed by atoms with E-state index in [2.05, 4.69) is 16.9 Å². The Morgan fingerprint density at radius 1 is 1.18 bits per heavy atom. The number of nitrogens with one attached hydrogen (secondary N) is 1. The summed E-state index contributed by atoms with van der Waals surface area (Å²) in [6.07, 6.45) is 4.49. The fraction of sp³-hybridized carbons (Fsp3) is 0.393. The molecule has 1 aromatic heterocycles. The third-order valence-corrected chi connectivity index (χ3v) is 6.30. The van der Waals surface area contributed by atoms with E-state index in [0.29, 0.717) is 23.8 Å². The minimum Gasteiger partial charge on any atom is -0.496 e. The number of esters is 2. The van der Waals surface area contributed by atoms with Gasteiger partial charge in [-0.05, 0) is 48.9 Å². The number of methoxy groups -OCH3 is 1. The number of amides is 1. The first-order chi connectivity index (χ1) is 18.2. The topological polar surface area (TPSA) is 141 Å². The molecule has 0 bridgehead atoms. The van der Waals surface area contributed by atoms with Gasteiger partial charge in [0.25, 0.3) is 5.91 Å². The van der Waals surface area contributed by atoms with Crippen molar-refractivity contribution < 1.29 is 38.5 Å². The van der Waals surface area contributed by atoms with Crippen molar-refractivity contribution in [2.75, 3.05) is 20.4 Å². The summed E-state index contributed by atoms with van der Waals surface area (Å²) >= 11 is 0. The van der Waals surface area contributed by atoms with Crippen LogP contribution in [0.2, 0.25) is 0 Å². The molecule has 38 heavy (non-hydrogen) atoms. The summed E-state index contributed by atoms with van der Waals surface area (Å²) in [7, 11) is 1.42. The number of hydrogen-bond donors (Lipinski definition) is 2. The van der Waals surface area contributed by atoms with Gasteiger partial charge in [-0.25, -0.2) is 14.6 Å². The molecule has 2 N–H and O–H groups in total. The number of nitrogens with zero attached hydrogens (tertiary/aromatic N) is 1. The number of aromatic nitrogens is 1. The van der Waals surface area contributed by atoms with Crippen LogP contribution in [-0.4, -0.2) is 54.4 Å². The average molecular weight is 525 g/mol. The molecule has 1 heterocycles. The van der Waals surface area contributed by atoms with Crippen molar-refractivity contribution in [3.63, 3.8) is 0 Å². The third kappa shape index (κ3) is 7.18. The van der Waals surface area contributed by atoms with Crippen molar-refractivity contribution in [2.45, 2.75) is 39.5 Å². The summed E-state index contributed by atoms with van der Waals surface area (Å²) in [5.74, 6) is -2.37. The van der Waals surface area contributed by atoms with Crippen LogP contribution in [-0.2, 0) is 14.3 Å². The second-order valence-corrected chi connectivity index (χ2v) is 9.18. The zero-order valence-electron chi connectivity index (χ0n) is 21.7. The van der Waals surface area contributed by atoms with Gasteiger partial charge in [0.15, 0.2) is 5.69 Å². The normalized spacial score (nSPS) is 13.2. The van der Waals surface area contributed by atoms with Crippen LogP contribution in [0.5, 0.6) is 5.75 Å². The fourth-order valence-electron chi connectivity index (χ4n) is 3.65. The van der Waals surface area contributed by atoms with Crippen molar-refractivity contribution in [1.29, 1.82) is 0 Å². The molecule has 202 valence electrons. The average Bonchev–Trinajstić information content (AvgIpc) is 3.74. The van der Waals surface area contributed by atoms with E-state index >= 15 is 0 Å². The quantitative estimate of drug-likeness (QED) is 0.289. The number of hydrogen-bond acceptors (Lipinski definition) is 8.